The fourth-order valence-electron chi connectivity index (χ4n) is 5.47. The Bertz CT molecular complexity index is 460. The van der Waals surface area contributed by atoms with Gasteiger partial charge in [0.05, 0.1) is 0 Å². The predicted octanol–water partition coefficient (Wildman–Crippen LogP) is 3.23. The zero-order chi connectivity index (χ0) is 17.4. The zero-order valence-corrected chi connectivity index (χ0v) is 15.3. The summed E-state index contributed by atoms with van der Waals surface area (Å²) in [5, 5.41) is 5.77. The number of alkyl carbamates (subject to hydrolysis) is 1. The first-order valence-electron chi connectivity index (χ1n) is 9.47. The maximum Gasteiger partial charge on any atom is 0.407 e. The molecule has 0 aromatic heterocycles. The van der Waals surface area contributed by atoms with Gasteiger partial charge >= 0.3 is 6.09 Å². The molecule has 0 unspecified atom stereocenters. The van der Waals surface area contributed by atoms with Crippen LogP contribution in [0, 0.1) is 23.2 Å². The molecule has 0 aromatic rings. The van der Waals surface area contributed by atoms with Gasteiger partial charge in [-0.05, 0) is 82.5 Å². The molecule has 4 fully saturated rings. The van der Waals surface area contributed by atoms with Crippen molar-refractivity contribution >= 4 is 12.0 Å². The van der Waals surface area contributed by atoms with Crippen LogP contribution in [-0.4, -0.2) is 30.7 Å². The maximum atomic E-state index is 12.1. The van der Waals surface area contributed by atoms with Gasteiger partial charge in [0, 0.05) is 19.5 Å². The van der Waals surface area contributed by atoms with Gasteiger partial charge in [0.1, 0.15) is 5.60 Å². The van der Waals surface area contributed by atoms with Gasteiger partial charge in [-0.3, -0.25) is 4.79 Å². The van der Waals surface area contributed by atoms with Crippen molar-refractivity contribution in [2.75, 3.05) is 13.1 Å². The molecule has 4 saturated carbocycles. The molecular weight excluding hydrogens is 304 g/mol. The minimum Gasteiger partial charge on any atom is -0.444 e. The molecule has 2 N–H and O–H groups in total. The summed E-state index contributed by atoms with van der Waals surface area (Å²) in [5.41, 5.74) is -0.145. The van der Waals surface area contributed by atoms with Gasteiger partial charge in [-0.1, -0.05) is 0 Å². The topological polar surface area (TPSA) is 67.4 Å². The molecule has 24 heavy (non-hydrogen) atoms. The third-order valence-electron chi connectivity index (χ3n) is 5.85. The first-order valence-corrected chi connectivity index (χ1v) is 9.47. The average molecular weight is 336 g/mol. The van der Waals surface area contributed by atoms with E-state index in [9.17, 15) is 9.59 Å². The predicted molar refractivity (Wildman–Crippen MR) is 92.5 cm³/mol. The number of nitrogens with one attached hydrogen (secondary N) is 2. The zero-order valence-electron chi connectivity index (χ0n) is 15.3. The highest BCUT2D eigenvalue weighted by Gasteiger charge is 2.50. The second-order valence-electron chi connectivity index (χ2n) is 9.37. The molecular formula is C19H32N2O3. The van der Waals surface area contributed by atoms with E-state index in [4.69, 9.17) is 4.74 Å². The molecule has 0 atom stereocenters. The lowest BCUT2D eigenvalue weighted by atomic mass is 9.49. The van der Waals surface area contributed by atoms with Gasteiger partial charge in [-0.15, -0.1) is 0 Å². The van der Waals surface area contributed by atoms with Crippen LogP contribution in [0.3, 0.4) is 0 Å². The van der Waals surface area contributed by atoms with Crippen molar-refractivity contribution in [1.29, 1.82) is 0 Å². The Kier molecular flexibility index (Phi) is 4.80. The van der Waals surface area contributed by atoms with Crippen molar-refractivity contribution in [2.45, 2.75) is 71.3 Å². The van der Waals surface area contributed by atoms with E-state index in [1.165, 1.54) is 38.5 Å². The molecule has 0 heterocycles. The van der Waals surface area contributed by atoms with E-state index in [0.717, 1.165) is 24.3 Å². The molecule has 0 spiro atoms. The van der Waals surface area contributed by atoms with Crippen LogP contribution in [0.1, 0.15) is 65.7 Å². The Morgan fingerprint density at radius 1 is 1.00 bits per heavy atom. The van der Waals surface area contributed by atoms with Gasteiger partial charge < -0.3 is 15.4 Å². The maximum absolute atomic E-state index is 12.1. The van der Waals surface area contributed by atoms with Crippen LogP contribution in [0.15, 0.2) is 0 Å². The third-order valence-corrected chi connectivity index (χ3v) is 5.85. The van der Waals surface area contributed by atoms with Gasteiger partial charge in [-0.2, -0.15) is 0 Å². The van der Waals surface area contributed by atoms with Crippen molar-refractivity contribution in [1.82, 2.24) is 10.6 Å². The second kappa shape index (κ2) is 6.57. The molecule has 5 nitrogen and oxygen atoms in total. The lowest BCUT2D eigenvalue weighted by Gasteiger charge is -2.56. The summed E-state index contributed by atoms with van der Waals surface area (Å²) >= 11 is 0. The van der Waals surface area contributed by atoms with Crippen LogP contribution in [0.4, 0.5) is 4.79 Å². The van der Waals surface area contributed by atoms with Crippen molar-refractivity contribution < 1.29 is 14.3 Å². The molecule has 0 saturated heterocycles. The fraction of sp³-hybridized carbons (Fsp3) is 0.895. The highest BCUT2D eigenvalue weighted by atomic mass is 16.6. The standard InChI is InChI=1S/C19H32N2O3/c1-18(2,3)24-17(23)20-5-4-16(22)21-12-19-9-13-6-14(10-19)8-15(7-13)11-19/h13-15H,4-12H2,1-3H3,(H,20,23)(H,21,22). The normalized spacial score (nSPS) is 34.0. The SMILES string of the molecule is CC(C)(C)OC(=O)NCCC(=O)NCC12CC3CC(CC(C3)C1)C2. The number of ether oxygens (including phenoxy) is 1. The van der Waals surface area contributed by atoms with Crippen LogP contribution in [-0.2, 0) is 9.53 Å². The number of carbonyl (C=O) groups excluding carboxylic acids is 2. The number of rotatable bonds is 5. The Labute approximate surface area is 145 Å². The molecule has 136 valence electrons. The number of amides is 2. The van der Waals surface area contributed by atoms with Gasteiger partial charge in [0.15, 0.2) is 0 Å². The molecule has 5 heteroatoms. The summed E-state index contributed by atoms with van der Waals surface area (Å²) < 4.78 is 5.16. The van der Waals surface area contributed by atoms with Crippen LogP contribution in [0.2, 0.25) is 0 Å². The molecule has 4 bridgehead atoms. The van der Waals surface area contributed by atoms with E-state index in [2.05, 4.69) is 10.6 Å². The summed E-state index contributed by atoms with van der Waals surface area (Å²) in [6.45, 7) is 6.61. The Morgan fingerprint density at radius 2 is 1.54 bits per heavy atom. The van der Waals surface area contributed by atoms with E-state index in [0.29, 0.717) is 18.4 Å². The van der Waals surface area contributed by atoms with Gasteiger partial charge in [0.25, 0.3) is 0 Å². The molecule has 4 aliphatic rings. The van der Waals surface area contributed by atoms with E-state index >= 15 is 0 Å². The molecule has 0 aromatic carbocycles. The summed E-state index contributed by atoms with van der Waals surface area (Å²) in [4.78, 5) is 23.7. The quantitative estimate of drug-likeness (QED) is 0.810. The number of hydrogen-bond donors (Lipinski definition) is 2. The minimum atomic E-state index is -0.509. The highest BCUT2D eigenvalue weighted by molar-refractivity contribution is 5.77. The van der Waals surface area contributed by atoms with Crippen LogP contribution in [0.25, 0.3) is 0 Å². The van der Waals surface area contributed by atoms with Crippen molar-refractivity contribution in [3.05, 3.63) is 0 Å². The van der Waals surface area contributed by atoms with Crippen LogP contribution < -0.4 is 10.6 Å². The summed E-state index contributed by atoms with van der Waals surface area (Å²) in [6, 6.07) is 0. The van der Waals surface area contributed by atoms with Gasteiger partial charge in [-0.25, -0.2) is 4.79 Å². The van der Waals surface area contributed by atoms with Crippen molar-refractivity contribution in [3.63, 3.8) is 0 Å². The molecule has 0 aliphatic heterocycles. The van der Waals surface area contributed by atoms with Crippen molar-refractivity contribution in [2.24, 2.45) is 23.2 Å². The highest BCUT2D eigenvalue weighted by Crippen LogP contribution is 2.59. The molecule has 0 radical (unpaired) electrons. The van der Waals surface area contributed by atoms with Gasteiger partial charge in [0.2, 0.25) is 5.91 Å². The largest absolute Gasteiger partial charge is 0.444 e. The monoisotopic (exact) mass is 336 g/mol. The van der Waals surface area contributed by atoms with Crippen LogP contribution >= 0.6 is 0 Å². The average Bonchev–Trinajstić information content (AvgIpc) is 2.42. The van der Waals surface area contributed by atoms with Crippen molar-refractivity contribution in [3.8, 4) is 0 Å². The smallest absolute Gasteiger partial charge is 0.407 e. The summed E-state index contributed by atoms with van der Waals surface area (Å²) in [6.07, 6.45) is 8.02. The molecule has 2 amide bonds. The van der Waals surface area contributed by atoms with E-state index < -0.39 is 11.7 Å². The van der Waals surface area contributed by atoms with E-state index in [-0.39, 0.29) is 5.91 Å². The molecule has 4 rings (SSSR count). The second-order valence-corrected chi connectivity index (χ2v) is 9.37. The van der Waals surface area contributed by atoms with Crippen LogP contribution in [0.5, 0.6) is 0 Å². The fourth-order valence-corrected chi connectivity index (χ4v) is 5.47. The lowest BCUT2D eigenvalue weighted by Crippen LogP contribution is -2.51. The Morgan fingerprint density at radius 3 is 2.04 bits per heavy atom. The minimum absolute atomic E-state index is 0.0294. The van der Waals surface area contributed by atoms with E-state index in [1.807, 2.05) is 20.8 Å². The number of carbonyl (C=O) groups is 2. The Balaban J connectivity index is 1.37. The first-order chi connectivity index (χ1) is 11.2. The van der Waals surface area contributed by atoms with E-state index in [1.54, 1.807) is 0 Å². The molecule has 4 aliphatic carbocycles. The summed E-state index contributed by atoms with van der Waals surface area (Å²) in [5.74, 6) is 2.74. The summed E-state index contributed by atoms with van der Waals surface area (Å²) in [7, 11) is 0. The Hall–Kier alpha value is -1.26. The number of hydrogen-bond acceptors (Lipinski definition) is 3. The lowest BCUT2D eigenvalue weighted by molar-refractivity contribution is -0.123. The third kappa shape index (κ3) is 4.42. The first kappa shape index (κ1) is 17.6.